The first kappa shape index (κ1) is 18.4. The average Bonchev–Trinajstić information content (AvgIpc) is 2.55. The van der Waals surface area contributed by atoms with Crippen LogP contribution in [0.25, 0.3) is 0 Å². The maximum absolute atomic E-state index is 12.1. The molecule has 1 aliphatic rings. The van der Waals surface area contributed by atoms with Crippen LogP contribution in [0.15, 0.2) is 24.3 Å². The van der Waals surface area contributed by atoms with Gasteiger partial charge in [-0.05, 0) is 32.9 Å². The minimum Gasteiger partial charge on any atom is -0.449 e. The summed E-state index contributed by atoms with van der Waals surface area (Å²) in [6, 6.07) is 7.41. The standard InChI is InChI=1S/C18H26N2O4/c1-13(2)19-17(21)14(3)24-18(22)16-6-4-15(5-7-16)12-20-8-10-23-11-9-20/h4-7,13-14H,8-12H2,1-3H3,(H,19,21)/p+1/t14-/m1/s1. The van der Waals surface area contributed by atoms with Crippen molar-refractivity contribution in [2.24, 2.45) is 0 Å². The maximum atomic E-state index is 12.1. The van der Waals surface area contributed by atoms with Crippen LogP contribution in [0.5, 0.6) is 0 Å². The van der Waals surface area contributed by atoms with Crippen LogP contribution in [0.1, 0.15) is 36.7 Å². The first-order chi connectivity index (χ1) is 11.5. The minimum absolute atomic E-state index is 0.0145. The molecule has 1 aromatic rings. The molecule has 0 aliphatic carbocycles. The Kier molecular flexibility index (Phi) is 6.75. The maximum Gasteiger partial charge on any atom is 0.338 e. The van der Waals surface area contributed by atoms with Gasteiger partial charge in [0.2, 0.25) is 0 Å². The molecular weight excluding hydrogens is 308 g/mol. The smallest absolute Gasteiger partial charge is 0.338 e. The topological polar surface area (TPSA) is 69.1 Å². The van der Waals surface area contributed by atoms with Crippen LogP contribution in [0.3, 0.4) is 0 Å². The predicted octanol–water partition coefficient (Wildman–Crippen LogP) is 0.172. The first-order valence-electron chi connectivity index (χ1n) is 8.47. The van der Waals surface area contributed by atoms with Gasteiger partial charge >= 0.3 is 5.97 Å². The zero-order valence-electron chi connectivity index (χ0n) is 14.6. The van der Waals surface area contributed by atoms with E-state index in [0.29, 0.717) is 5.56 Å². The normalized spacial score (nSPS) is 16.7. The molecule has 2 rings (SSSR count). The van der Waals surface area contributed by atoms with E-state index in [0.717, 1.165) is 32.8 Å². The summed E-state index contributed by atoms with van der Waals surface area (Å²) >= 11 is 0. The number of hydrogen-bond acceptors (Lipinski definition) is 4. The van der Waals surface area contributed by atoms with E-state index in [4.69, 9.17) is 9.47 Å². The number of rotatable bonds is 6. The average molecular weight is 335 g/mol. The van der Waals surface area contributed by atoms with Crippen LogP contribution in [0.2, 0.25) is 0 Å². The van der Waals surface area contributed by atoms with Crippen LogP contribution in [-0.4, -0.2) is 50.3 Å². The van der Waals surface area contributed by atoms with E-state index >= 15 is 0 Å². The van der Waals surface area contributed by atoms with Gasteiger partial charge < -0.3 is 19.7 Å². The second-order valence-electron chi connectivity index (χ2n) is 6.45. The zero-order valence-corrected chi connectivity index (χ0v) is 14.6. The second kappa shape index (κ2) is 8.80. The Balaban J connectivity index is 1.87. The monoisotopic (exact) mass is 335 g/mol. The molecule has 0 aromatic heterocycles. The highest BCUT2D eigenvalue weighted by Crippen LogP contribution is 2.07. The van der Waals surface area contributed by atoms with E-state index in [1.807, 2.05) is 26.0 Å². The molecule has 0 bridgehead atoms. The molecule has 6 nitrogen and oxygen atoms in total. The summed E-state index contributed by atoms with van der Waals surface area (Å²) in [5.41, 5.74) is 1.63. The molecule has 0 unspecified atom stereocenters. The predicted molar refractivity (Wildman–Crippen MR) is 89.8 cm³/mol. The van der Waals surface area contributed by atoms with E-state index in [-0.39, 0.29) is 11.9 Å². The quantitative estimate of drug-likeness (QED) is 0.728. The SMILES string of the molecule is CC(C)NC(=O)[C@@H](C)OC(=O)c1ccc(C[NH+]2CCOCC2)cc1. The van der Waals surface area contributed by atoms with Crippen molar-refractivity contribution in [1.29, 1.82) is 0 Å². The van der Waals surface area contributed by atoms with Crippen molar-refractivity contribution < 1.29 is 24.0 Å². The van der Waals surface area contributed by atoms with Crippen LogP contribution in [0.4, 0.5) is 0 Å². The van der Waals surface area contributed by atoms with Gasteiger partial charge in [-0.3, -0.25) is 4.79 Å². The molecule has 1 amide bonds. The highest BCUT2D eigenvalue weighted by atomic mass is 16.5. The molecule has 0 spiro atoms. The van der Waals surface area contributed by atoms with Crippen molar-refractivity contribution in [2.45, 2.75) is 39.5 Å². The number of ether oxygens (including phenoxy) is 2. The number of quaternary nitrogens is 1. The van der Waals surface area contributed by atoms with Gasteiger partial charge in [-0.2, -0.15) is 0 Å². The Bertz CT molecular complexity index is 551. The lowest BCUT2D eigenvalue weighted by Gasteiger charge is -2.23. The molecule has 6 heteroatoms. The number of esters is 1. The van der Waals surface area contributed by atoms with Gasteiger partial charge in [0.15, 0.2) is 6.10 Å². The molecule has 1 saturated heterocycles. The Hall–Kier alpha value is -1.92. The van der Waals surface area contributed by atoms with Crippen molar-refractivity contribution in [3.05, 3.63) is 35.4 Å². The van der Waals surface area contributed by atoms with E-state index in [2.05, 4.69) is 5.32 Å². The molecule has 1 aromatic carbocycles. The Morgan fingerprint density at radius 3 is 2.38 bits per heavy atom. The Morgan fingerprint density at radius 2 is 1.79 bits per heavy atom. The molecule has 1 heterocycles. The number of hydrogen-bond donors (Lipinski definition) is 2. The molecule has 0 radical (unpaired) electrons. The minimum atomic E-state index is -0.808. The molecule has 132 valence electrons. The lowest BCUT2D eigenvalue weighted by Crippen LogP contribution is -3.12. The second-order valence-corrected chi connectivity index (χ2v) is 6.45. The van der Waals surface area contributed by atoms with Gasteiger partial charge in [-0.25, -0.2) is 4.79 Å². The summed E-state index contributed by atoms with van der Waals surface area (Å²) < 4.78 is 10.6. The Labute approximate surface area is 143 Å². The van der Waals surface area contributed by atoms with Gasteiger partial charge in [-0.15, -0.1) is 0 Å². The molecule has 24 heavy (non-hydrogen) atoms. The molecule has 1 fully saturated rings. The van der Waals surface area contributed by atoms with Gasteiger partial charge in [0, 0.05) is 11.6 Å². The molecular formula is C18H27N2O4+. The van der Waals surface area contributed by atoms with E-state index in [1.54, 1.807) is 19.1 Å². The third kappa shape index (κ3) is 5.62. The number of nitrogens with one attached hydrogen (secondary N) is 2. The summed E-state index contributed by atoms with van der Waals surface area (Å²) in [6.45, 7) is 9.84. The van der Waals surface area contributed by atoms with Crippen molar-refractivity contribution >= 4 is 11.9 Å². The van der Waals surface area contributed by atoms with Crippen LogP contribution in [-0.2, 0) is 20.8 Å². The summed E-state index contributed by atoms with van der Waals surface area (Å²) in [4.78, 5) is 25.4. The number of benzene rings is 1. The van der Waals surface area contributed by atoms with Gasteiger partial charge in [-0.1, -0.05) is 12.1 Å². The molecule has 0 saturated carbocycles. The van der Waals surface area contributed by atoms with Gasteiger partial charge in [0.05, 0.1) is 18.8 Å². The first-order valence-corrected chi connectivity index (χ1v) is 8.47. The number of morpholine rings is 1. The third-order valence-corrected chi connectivity index (χ3v) is 3.93. The fourth-order valence-electron chi connectivity index (χ4n) is 2.57. The van der Waals surface area contributed by atoms with E-state index in [1.165, 1.54) is 10.5 Å². The van der Waals surface area contributed by atoms with Gasteiger partial charge in [0.25, 0.3) is 5.91 Å². The zero-order chi connectivity index (χ0) is 17.5. The fraction of sp³-hybridized carbons (Fsp3) is 0.556. The van der Waals surface area contributed by atoms with Crippen LogP contribution in [0, 0.1) is 0 Å². The lowest BCUT2D eigenvalue weighted by molar-refractivity contribution is -0.921. The summed E-state index contributed by atoms with van der Waals surface area (Å²) in [5.74, 6) is -0.766. The lowest BCUT2D eigenvalue weighted by atomic mass is 10.1. The molecule has 2 N–H and O–H groups in total. The number of carbonyl (C=O) groups is 2. The van der Waals surface area contributed by atoms with Crippen LogP contribution >= 0.6 is 0 Å². The van der Waals surface area contributed by atoms with Crippen molar-refractivity contribution in [2.75, 3.05) is 26.3 Å². The van der Waals surface area contributed by atoms with Gasteiger partial charge in [0.1, 0.15) is 19.6 Å². The molecule has 1 atom stereocenters. The summed E-state index contributed by atoms with van der Waals surface area (Å²) in [5, 5.41) is 2.72. The highest BCUT2D eigenvalue weighted by Gasteiger charge is 2.20. The fourth-order valence-corrected chi connectivity index (χ4v) is 2.57. The van der Waals surface area contributed by atoms with E-state index in [9.17, 15) is 9.59 Å². The van der Waals surface area contributed by atoms with Crippen LogP contribution < -0.4 is 10.2 Å². The largest absolute Gasteiger partial charge is 0.449 e. The summed E-state index contributed by atoms with van der Waals surface area (Å²) in [7, 11) is 0. The van der Waals surface area contributed by atoms with Crippen molar-refractivity contribution in [1.82, 2.24) is 5.32 Å². The highest BCUT2D eigenvalue weighted by molar-refractivity contribution is 5.92. The van der Waals surface area contributed by atoms with E-state index < -0.39 is 12.1 Å². The van der Waals surface area contributed by atoms with Crippen molar-refractivity contribution in [3.63, 3.8) is 0 Å². The summed E-state index contributed by atoms with van der Waals surface area (Å²) in [6.07, 6.45) is -0.808. The molecule has 1 aliphatic heterocycles. The third-order valence-electron chi connectivity index (χ3n) is 3.93. The number of carbonyl (C=O) groups excluding carboxylic acids is 2. The van der Waals surface area contributed by atoms with Crippen molar-refractivity contribution in [3.8, 4) is 0 Å². The number of amides is 1. The Morgan fingerprint density at radius 1 is 1.17 bits per heavy atom.